The van der Waals surface area contributed by atoms with Crippen molar-refractivity contribution < 1.29 is 44.2 Å². The molecule has 0 unspecified atom stereocenters. The second-order valence-corrected chi connectivity index (χ2v) is 5.09. The maximum absolute atomic E-state index is 10.2. The topological polar surface area (TPSA) is 91.7 Å². The third-order valence-electron chi connectivity index (χ3n) is 0.376. The molecule has 0 aromatic carbocycles. The maximum atomic E-state index is 10.2. The van der Waals surface area contributed by atoms with E-state index in [0.29, 0.717) is 0 Å². The van der Waals surface area contributed by atoms with Crippen LogP contribution in [0.3, 0.4) is 0 Å². The van der Waals surface area contributed by atoms with Gasteiger partial charge in [0.05, 0.1) is 0 Å². The van der Waals surface area contributed by atoms with Gasteiger partial charge >= 0.3 is 25.7 Å². The van der Waals surface area contributed by atoms with Crippen molar-refractivity contribution in [1.82, 2.24) is 0 Å². The predicted molar refractivity (Wildman–Crippen MR) is 39.7 cm³/mol. The van der Waals surface area contributed by atoms with Crippen molar-refractivity contribution in [2.75, 3.05) is 0 Å². The molecule has 0 rings (SSSR count). The summed E-state index contributed by atoms with van der Waals surface area (Å²) in [7, 11) is 0. The zero-order chi connectivity index (χ0) is 8.36. The summed E-state index contributed by atoms with van der Waals surface area (Å²) < 4.78 is 10.00. The van der Waals surface area contributed by atoms with Crippen molar-refractivity contribution in [3.05, 3.63) is 0 Å². The Bertz CT molecular complexity index is 215. The normalized spacial score (nSPS) is 10.1. The van der Waals surface area contributed by atoms with E-state index >= 15 is 0 Å². The second-order valence-electron chi connectivity index (χ2n) is 1.17. The standard InChI is InChI=1S/C2H3O5PS2.Li.H/c3-1(9)2(4)10-8(5,6)7;;/h(H,3,9)(H2,5,6,7);;/q;+1;-1. The van der Waals surface area contributed by atoms with Crippen molar-refractivity contribution in [2.24, 2.45) is 0 Å². The molecular weight excluding hydrogens is 206 g/mol. The molecule has 0 aromatic heterocycles. The quantitative estimate of drug-likeness (QED) is 0.194. The Morgan fingerprint density at radius 1 is 1.45 bits per heavy atom. The summed E-state index contributed by atoms with van der Waals surface area (Å²) in [5, 5.41) is -2.43. The van der Waals surface area contributed by atoms with E-state index in [2.05, 4.69) is 12.6 Å². The molecule has 60 valence electrons. The van der Waals surface area contributed by atoms with Crippen LogP contribution in [0.5, 0.6) is 0 Å². The molecule has 0 saturated carbocycles. The molecule has 0 bridgehead atoms. The van der Waals surface area contributed by atoms with Gasteiger partial charge in [0, 0.05) is 11.4 Å². The number of hydrogen-bond donors (Lipinski definition) is 3. The van der Waals surface area contributed by atoms with E-state index in [1.165, 1.54) is 0 Å². The van der Waals surface area contributed by atoms with Gasteiger partial charge < -0.3 is 11.2 Å². The van der Waals surface area contributed by atoms with Crippen molar-refractivity contribution in [3.63, 3.8) is 0 Å². The number of hydrogen-bond acceptors (Lipinski definition) is 4. The molecule has 11 heavy (non-hydrogen) atoms. The fraction of sp³-hybridized carbons (Fsp3) is 0. The van der Waals surface area contributed by atoms with E-state index in [9.17, 15) is 14.2 Å². The molecule has 0 aliphatic rings. The van der Waals surface area contributed by atoms with Crippen LogP contribution in [0, 0.1) is 0 Å². The third kappa shape index (κ3) is 8.70. The third-order valence-corrected chi connectivity index (χ3v) is 2.53. The van der Waals surface area contributed by atoms with Gasteiger partial charge in [-0.2, -0.15) is 0 Å². The number of thiol groups is 1. The van der Waals surface area contributed by atoms with E-state index in [1.807, 2.05) is 0 Å². The van der Waals surface area contributed by atoms with E-state index in [1.54, 1.807) is 0 Å². The largest absolute Gasteiger partial charge is 1.00 e. The van der Waals surface area contributed by atoms with Crippen molar-refractivity contribution in [3.8, 4) is 0 Å². The van der Waals surface area contributed by atoms with Crippen LogP contribution in [0.2, 0.25) is 0 Å². The first-order valence-electron chi connectivity index (χ1n) is 1.85. The Kier molecular flexibility index (Phi) is 7.08. The van der Waals surface area contributed by atoms with Crippen LogP contribution >= 0.6 is 30.8 Å². The molecule has 9 heteroatoms. The minimum atomic E-state index is -4.48. The molecule has 0 fully saturated rings. The first-order chi connectivity index (χ1) is 4.33. The summed E-state index contributed by atoms with van der Waals surface area (Å²) in [5.41, 5.74) is 0. The minimum absolute atomic E-state index is 0. The van der Waals surface area contributed by atoms with E-state index in [4.69, 9.17) is 9.79 Å². The van der Waals surface area contributed by atoms with Crippen LogP contribution in [0.4, 0.5) is 0 Å². The van der Waals surface area contributed by atoms with Crippen LogP contribution in [-0.2, 0) is 14.2 Å². The van der Waals surface area contributed by atoms with Gasteiger partial charge in [-0.3, -0.25) is 9.59 Å². The fourth-order valence-electron chi connectivity index (χ4n) is 0.147. The van der Waals surface area contributed by atoms with E-state index in [0.717, 1.165) is 0 Å². The number of rotatable bonds is 2. The van der Waals surface area contributed by atoms with Gasteiger partial charge in [0.2, 0.25) is 0 Å². The number of carbonyl (C=O) groups excluding carboxylic acids is 2. The van der Waals surface area contributed by atoms with Gasteiger partial charge in [0.15, 0.2) is 0 Å². The zero-order valence-electron chi connectivity index (χ0n) is 6.42. The average Bonchev–Trinajstić information content (AvgIpc) is 1.60. The molecule has 2 N–H and O–H groups in total. The molecule has 5 nitrogen and oxygen atoms in total. The van der Waals surface area contributed by atoms with Crippen LogP contribution in [0.25, 0.3) is 0 Å². The molecule has 0 spiro atoms. The fourth-order valence-corrected chi connectivity index (χ4v) is 1.69. The Hall–Kier alpha value is 0.787. The maximum Gasteiger partial charge on any atom is 1.00 e. The van der Waals surface area contributed by atoms with Gasteiger partial charge in [-0.25, -0.2) is 4.57 Å². The van der Waals surface area contributed by atoms with Crippen LogP contribution in [0.15, 0.2) is 0 Å². The smallest absolute Gasteiger partial charge is 1.00 e. The summed E-state index contributed by atoms with van der Waals surface area (Å²) in [6, 6.07) is 0. The molecular formula is C2H4LiO5PS2. The summed E-state index contributed by atoms with van der Waals surface area (Å²) in [4.78, 5) is 36.4. The SMILES string of the molecule is O=C(S)C(=O)SP(=O)(O)O.[H-].[Li+]. The Morgan fingerprint density at radius 2 is 1.82 bits per heavy atom. The van der Waals surface area contributed by atoms with Crippen LogP contribution in [-0.4, -0.2) is 20.0 Å². The first-order valence-corrected chi connectivity index (χ1v) is 5.33. The van der Waals surface area contributed by atoms with Crippen molar-refractivity contribution in [1.29, 1.82) is 0 Å². The average molecular weight is 210 g/mol. The minimum Gasteiger partial charge on any atom is -1.00 e. The predicted octanol–water partition coefficient (Wildman–Crippen LogP) is -3.09. The molecule has 0 heterocycles. The summed E-state index contributed by atoms with van der Waals surface area (Å²) in [6.07, 6.45) is 0. The summed E-state index contributed by atoms with van der Waals surface area (Å²) >= 11 is 2.72. The van der Waals surface area contributed by atoms with E-state index < -0.39 is 17.0 Å². The van der Waals surface area contributed by atoms with Crippen LogP contribution in [0.1, 0.15) is 1.43 Å². The van der Waals surface area contributed by atoms with Gasteiger partial charge in [-0.1, -0.05) is 12.6 Å². The summed E-state index contributed by atoms with van der Waals surface area (Å²) in [6.45, 7) is -4.48. The number of carbonyl (C=O) groups is 2. The molecule has 0 aliphatic carbocycles. The molecule has 0 radical (unpaired) electrons. The zero-order valence-corrected chi connectivity index (χ0v) is 8.03. The Labute approximate surface area is 85.3 Å². The first kappa shape index (κ1) is 14.3. The van der Waals surface area contributed by atoms with Gasteiger partial charge in [0.25, 0.3) is 10.2 Å². The van der Waals surface area contributed by atoms with Crippen molar-refractivity contribution in [2.45, 2.75) is 0 Å². The van der Waals surface area contributed by atoms with Gasteiger partial charge in [0.1, 0.15) is 0 Å². The van der Waals surface area contributed by atoms with Crippen molar-refractivity contribution >= 4 is 41.0 Å². The molecule has 0 atom stereocenters. The molecule has 0 saturated heterocycles. The monoisotopic (exact) mass is 210 g/mol. The second kappa shape index (κ2) is 5.44. The Balaban J connectivity index is -0.000000405. The van der Waals surface area contributed by atoms with E-state index in [-0.39, 0.29) is 31.7 Å². The molecule has 0 amide bonds. The summed E-state index contributed by atoms with van der Waals surface area (Å²) in [5.74, 6) is 0. The molecule has 0 aromatic rings. The van der Waals surface area contributed by atoms with Crippen LogP contribution < -0.4 is 18.9 Å². The van der Waals surface area contributed by atoms with Gasteiger partial charge in [-0.05, 0) is 0 Å². The van der Waals surface area contributed by atoms with Gasteiger partial charge in [-0.15, -0.1) is 0 Å². The molecule has 0 aliphatic heterocycles. The Morgan fingerprint density at radius 3 is 1.91 bits per heavy atom.